The van der Waals surface area contributed by atoms with Crippen molar-refractivity contribution >= 4 is 10.9 Å². The molecule has 3 aromatic rings. The van der Waals surface area contributed by atoms with Gasteiger partial charge in [-0.25, -0.2) is 0 Å². The number of aromatic nitrogens is 1. The summed E-state index contributed by atoms with van der Waals surface area (Å²) in [6.45, 7) is 4.15. The van der Waals surface area contributed by atoms with Crippen molar-refractivity contribution in [1.29, 1.82) is 0 Å². The van der Waals surface area contributed by atoms with E-state index < -0.39 is 0 Å². The van der Waals surface area contributed by atoms with Crippen LogP contribution in [0, 0.1) is 6.92 Å². The third-order valence-corrected chi connectivity index (χ3v) is 3.70. The van der Waals surface area contributed by atoms with Crippen molar-refractivity contribution in [2.24, 2.45) is 0 Å². The smallest absolute Gasteiger partial charge is 0.204 e. The lowest BCUT2D eigenvalue weighted by Gasteiger charge is -2.14. The third kappa shape index (κ3) is 2.08. The highest BCUT2D eigenvalue weighted by Crippen LogP contribution is 2.44. The maximum absolute atomic E-state index is 5.55. The second-order valence-corrected chi connectivity index (χ2v) is 4.88. The summed E-state index contributed by atoms with van der Waals surface area (Å²) in [6, 6.07) is 14.0. The average molecular weight is 296 g/mol. The Morgan fingerprint density at radius 2 is 1.55 bits per heavy atom. The molecule has 3 rings (SSSR count). The fourth-order valence-corrected chi connectivity index (χ4v) is 2.76. The molecule has 22 heavy (non-hydrogen) atoms. The lowest BCUT2D eigenvalue weighted by Crippen LogP contribution is -1.98. The maximum atomic E-state index is 5.55. The summed E-state index contributed by atoms with van der Waals surface area (Å²) in [6.07, 6.45) is 0. The molecular weight excluding hydrogens is 278 g/mol. The second kappa shape index (κ2) is 5.64. The molecule has 1 radical (unpaired) electrons. The lowest BCUT2D eigenvalue weighted by molar-refractivity contribution is 0.327. The molecule has 0 bridgehead atoms. The van der Waals surface area contributed by atoms with Crippen LogP contribution in [0.15, 0.2) is 42.5 Å². The van der Waals surface area contributed by atoms with E-state index in [4.69, 9.17) is 14.2 Å². The number of nitrogens with zero attached hydrogens (tertiary/aromatic N) is 1. The van der Waals surface area contributed by atoms with Gasteiger partial charge >= 0.3 is 0 Å². The van der Waals surface area contributed by atoms with Crippen LogP contribution in [0.5, 0.6) is 17.2 Å². The Morgan fingerprint density at radius 1 is 0.864 bits per heavy atom. The van der Waals surface area contributed by atoms with Gasteiger partial charge < -0.3 is 18.8 Å². The van der Waals surface area contributed by atoms with Crippen molar-refractivity contribution in [3.8, 4) is 22.9 Å². The Morgan fingerprint density at radius 3 is 2.14 bits per heavy atom. The molecule has 113 valence electrons. The van der Waals surface area contributed by atoms with Gasteiger partial charge in [0.25, 0.3) is 0 Å². The van der Waals surface area contributed by atoms with E-state index >= 15 is 0 Å². The molecule has 0 aliphatic carbocycles. The van der Waals surface area contributed by atoms with Gasteiger partial charge in [0.1, 0.15) is 0 Å². The standard InChI is InChI=1S/C18H18NO3/c1-12-10-14-15(19(12)13-8-6-5-7-9-13)11-16(20-2)18(22-4)17(14)21-3/h5-11H,1H2,2-4H3. The summed E-state index contributed by atoms with van der Waals surface area (Å²) in [5, 5.41) is 0.939. The molecular formula is C18H18NO3. The molecule has 2 aromatic carbocycles. The van der Waals surface area contributed by atoms with Crippen LogP contribution in [0.2, 0.25) is 0 Å². The zero-order valence-corrected chi connectivity index (χ0v) is 12.9. The van der Waals surface area contributed by atoms with Crippen LogP contribution in [0.3, 0.4) is 0 Å². The van der Waals surface area contributed by atoms with Gasteiger partial charge in [-0.15, -0.1) is 0 Å². The highest BCUT2D eigenvalue weighted by Gasteiger charge is 2.20. The van der Waals surface area contributed by atoms with Crippen LogP contribution >= 0.6 is 0 Å². The first-order chi connectivity index (χ1) is 10.7. The van der Waals surface area contributed by atoms with E-state index in [2.05, 4.69) is 11.5 Å². The predicted octanol–water partition coefficient (Wildman–Crippen LogP) is 3.84. The molecule has 0 aliphatic heterocycles. The summed E-state index contributed by atoms with van der Waals surface area (Å²) < 4.78 is 18.5. The number of methoxy groups -OCH3 is 3. The van der Waals surface area contributed by atoms with Crippen LogP contribution in [0.4, 0.5) is 0 Å². The Labute approximate surface area is 129 Å². The maximum Gasteiger partial charge on any atom is 0.204 e. The van der Waals surface area contributed by atoms with Gasteiger partial charge in [0.15, 0.2) is 11.5 Å². The normalized spacial score (nSPS) is 10.7. The van der Waals surface area contributed by atoms with Crippen LogP contribution in [-0.4, -0.2) is 25.9 Å². The van der Waals surface area contributed by atoms with Crippen LogP contribution in [-0.2, 0) is 0 Å². The van der Waals surface area contributed by atoms with Gasteiger partial charge in [0.2, 0.25) is 5.75 Å². The molecule has 0 saturated carbocycles. The van der Waals surface area contributed by atoms with Gasteiger partial charge in [0, 0.05) is 22.8 Å². The van der Waals surface area contributed by atoms with Gasteiger partial charge in [-0.2, -0.15) is 0 Å². The minimum Gasteiger partial charge on any atom is -0.493 e. The molecule has 0 atom stereocenters. The topological polar surface area (TPSA) is 32.6 Å². The summed E-state index contributed by atoms with van der Waals surface area (Å²) in [5.41, 5.74) is 2.87. The van der Waals surface area contributed by atoms with Crippen LogP contribution < -0.4 is 14.2 Å². The van der Waals surface area contributed by atoms with Crippen molar-refractivity contribution in [2.45, 2.75) is 0 Å². The number of hydrogen-bond acceptors (Lipinski definition) is 3. The fraction of sp³-hybridized carbons (Fsp3) is 0.167. The van der Waals surface area contributed by atoms with Crippen molar-refractivity contribution in [3.05, 3.63) is 55.1 Å². The van der Waals surface area contributed by atoms with E-state index in [1.165, 1.54) is 0 Å². The van der Waals surface area contributed by atoms with Crippen molar-refractivity contribution in [1.82, 2.24) is 4.57 Å². The predicted molar refractivity (Wildman–Crippen MR) is 87.4 cm³/mol. The van der Waals surface area contributed by atoms with E-state index in [1.54, 1.807) is 21.3 Å². The molecule has 0 unspecified atom stereocenters. The van der Waals surface area contributed by atoms with E-state index in [0.717, 1.165) is 22.3 Å². The summed E-state index contributed by atoms with van der Waals surface area (Å²) in [7, 11) is 4.84. The highest BCUT2D eigenvalue weighted by molar-refractivity contribution is 5.93. The summed E-state index contributed by atoms with van der Waals surface area (Å²) in [5.74, 6) is 1.86. The minimum atomic E-state index is 0.586. The largest absolute Gasteiger partial charge is 0.493 e. The number of benzene rings is 2. The fourth-order valence-electron chi connectivity index (χ4n) is 2.76. The van der Waals surface area contributed by atoms with Crippen molar-refractivity contribution in [2.75, 3.05) is 21.3 Å². The van der Waals surface area contributed by atoms with E-state index in [9.17, 15) is 0 Å². The highest BCUT2D eigenvalue weighted by atomic mass is 16.5. The van der Waals surface area contributed by atoms with Crippen LogP contribution in [0.25, 0.3) is 16.6 Å². The second-order valence-electron chi connectivity index (χ2n) is 4.88. The van der Waals surface area contributed by atoms with Gasteiger partial charge in [-0.3, -0.25) is 0 Å². The molecule has 0 fully saturated rings. The first-order valence-electron chi connectivity index (χ1n) is 6.93. The third-order valence-electron chi connectivity index (χ3n) is 3.70. The van der Waals surface area contributed by atoms with Crippen molar-refractivity contribution < 1.29 is 14.2 Å². The van der Waals surface area contributed by atoms with Crippen LogP contribution in [0.1, 0.15) is 5.69 Å². The summed E-state index contributed by atoms with van der Waals surface area (Å²) in [4.78, 5) is 0. The van der Waals surface area contributed by atoms with E-state index in [1.807, 2.05) is 42.5 Å². The number of hydrogen-bond donors (Lipinski definition) is 0. The first kappa shape index (κ1) is 14.3. The zero-order valence-electron chi connectivity index (χ0n) is 12.9. The van der Waals surface area contributed by atoms with E-state index in [0.29, 0.717) is 17.2 Å². The molecule has 4 nitrogen and oxygen atoms in total. The average Bonchev–Trinajstić information content (AvgIpc) is 2.89. The van der Waals surface area contributed by atoms with Gasteiger partial charge in [0.05, 0.1) is 26.8 Å². The minimum absolute atomic E-state index is 0.586. The number of para-hydroxylation sites is 1. The van der Waals surface area contributed by atoms with E-state index in [-0.39, 0.29) is 0 Å². The molecule has 0 N–H and O–H groups in total. The molecule has 0 amide bonds. The Kier molecular flexibility index (Phi) is 3.67. The number of fused-ring (bicyclic) bond motifs is 1. The molecule has 0 saturated heterocycles. The Balaban J connectivity index is 2.39. The lowest BCUT2D eigenvalue weighted by atomic mass is 10.2. The Bertz CT molecular complexity index is 806. The zero-order chi connectivity index (χ0) is 15.7. The van der Waals surface area contributed by atoms with Gasteiger partial charge in [-0.1, -0.05) is 18.2 Å². The SMILES string of the molecule is [CH2]c1cc2c(OC)c(OC)c(OC)cc2n1-c1ccccc1. The molecule has 4 heteroatoms. The van der Waals surface area contributed by atoms with Crippen molar-refractivity contribution in [3.63, 3.8) is 0 Å². The molecule has 1 heterocycles. The first-order valence-corrected chi connectivity index (χ1v) is 6.93. The molecule has 0 aliphatic rings. The summed E-state index contributed by atoms with van der Waals surface area (Å²) >= 11 is 0. The monoisotopic (exact) mass is 296 g/mol. The molecule has 1 aromatic heterocycles. The molecule has 0 spiro atoms. The quantitative estimate of drug-likeness (QED) is 0.733. The number of ether oxygens (including phenoxy) is 3. The van der Waals surface area contributed by atoms with Gasteiger partial charge in [-0.05, 0) is 25.1 Å². The Hall–Kier alpha value is -2.62. The number of rotatable bonds is 4.